The molecule has 3 rings (SSSR count). The van der Waals surface area contributed by atoms with E-state index >= 15 is 0 Å². The van der Waals surface area contributed by atoms with Crippen LogP contribution in [-0.2, 0) is 0 Å². The first-order valence-corrected chi connectivity index (χ1v) is 8.87. The van der Waals surface area contributed by atoms with Crippen LogP contribution in [0.25, 0.3) is 0 Å². The minimum Gasteiger partial charge on any atom is -0.314 e. The summed E-state index contributed by atoms with van der Waals surface area (Å²) in [6, 6.07) is 9.89. The number of rotatable bonds is 4. The van der Waals surface area contributed by atoms with Crippen molar-refractivity contribution in [1.29, 1.82) is 0 Å². The monoisotopic (exact) mass is 306 g/mol. The summed E-state index contributed by atoms with van der Waals surface area (Å²) >= 11 is 6.35. The molecule has 2 nitrogen and oxygen atoms in total. The Kier molecular flexibility index (Phi) is 5.20. The first-order chi connectivity index (χ1) is 10.3. The molecule has 3 heteroatoms. The Morgan fingerprint density at radius 2 is 1.95 bits per heavy atom. The fraction of sp³-hybridized carbons (Fsp3) is 0.667. The Hall–Kier alpha value is -0.570. The van der Waals surface area contributed by atoms with Crippen molar-refractivity contribution >= 4 is 11.6 Å². The summed E-state index contributed by atoms with van der Waals surface area (Å²) in [6.45, 7) is 3.45. The summed E-state index contributed by atoms with van der Waals surface area (Å²) < 4.78 is 0. The Morgan fingerprint density at radius 1 is 1.14 bits per heavy atom. The average molecular weight is 307 g/mol. The van der Waals surface area contributed by atoms with Gasteiger partial charge in [0.2, 0.25) is 0 Å². The summed E-state index contributed by atoms with van der Waals surface area (Å²) in [4.78, 5) is 0. The lowest BCUT2D eigenvalue weighted by atomic mass is 9.79. The molecular weight excluding hydrogens is 280 g/mol. The van der Waals surface area contributed by atoms with Crippen molar-refractivity contribution in [2.45, 2.75) is 63.6 Å². The van der Waals surface area contributed by atoms with E-state index in [2.05, 4.69) is 29.7 Å². The number of hydrogen-bond donors (Lipinski definition) is 2. The third-order valence-corrected chi connectivity index (χ3v) is 5.61. The van der Waals surface area contributed by atoms with Gasteiger partial charge in [0.1, 0.15) is 0 Å². The highest BCUT2D eigenvalue weighted by Crippen LogP contribution is 2.33. The minimum atomic E-state index is 0.325. The van der Waals surface area contributed by atoms with Crippen molar-refractivity contribution in [1.82, 2.24) is 10.6 Å². The number of hydrogen-bond acceptors (Lipinski definition) is 2. The van der Waals surface area contributed by atoms with Gasteiger partial charge in [-0.3, -0.25) is 0 Å². The minimum absolute atomic E-state index is 0.325. The van der Waals surface area contributed by atoms with Gasteiger partial charge in [-0.25, -0.2) is 0 Å². The molecule has 1 aliphatic heterocycles. The Morgan fingerprint density at radius 3 is 2.71 bits per heavy atom. The van der Waals surface area contributed by atoms with Crippen molar-refractivity contribution in [3.05, 3.63) is 34.9 Å². The smallest absolute Gasteiger partial charge is 0.0453 e. The van der Waals surface area contributed by atoms with E-state index in [0.29, 0.717) is 12.1 Å². The lowest BCUT2D eigenvalue weighted by Crippen LogP contribution is -2.47. The highest BCUT2D eigenvalue weighted by Gasteiger charge is 2.33. The van der Waals surface area contributed by atoms with Crippen molar-refractivity contribution in [3.8, 4) is 0 Å². The predicted molar refractivity (Wildman–Crippen MR) is 89.8 cm³/mol. The molecule has 1 aliphatic carbocycles. The van der Waals surface area contributed by atoms with Crippen LogP contribution in [0.15, 0.2) is 24.3 Å². The van der Waals surface area contributed by atoms with E-state index in [4.69, 9.17) is 11.6 Å². The van der Waals surface area contributed by atoms with Crippen molar-refractivity contribution in [3.63, 3.8) is 0 Å². The fourth-order valence-electron chi connectivity index (χ4n) is 4.16. The van der Waals surface area contributed by atoms with Gasteiger partial charge in [0.25, 0.3) is 0 Å². The maximum Gasteiger partial charge on any atom is 0.0453 e. The van der Waals surface area contributed by atoms with Crippen LogP contribution in [0.3, 0.4) is 0 Å². The van der Waals surface area contributed by atoms with Crippen LogP contribution in [0.1, 0.15) is 57.1 Å². The molecule has 1 aromatic carbocycles. The van der Waals surface area contributed by atoms with Gasteiger partial charge in [-0.2, -0.15) is 0 Å². The average Bonchev–Trinajstić information content (AvgIpc) is 3.02. The zero-order valence-corrected chi connectivity index (χ0v) is 13.7. The molecule has 2 N–H and O–H groups in total. The van der Waals surface area contributed by atoms with Crippen LogP contribution >= 0.6 is 11.6 Å². The van der Waals surface area contributed by atoms with Crippen LogP contribution in [0.5, 0.6) is 0 Å². The summed E-state index contributed by atoms with van der Waals surface area (Å²) in [5.74, 6) is 0.784. The maximum absolute atomic E-state index is 6.35. The summed E-state index contributed by atoms with van der Waals surface area (Å²) in [6.07, 6.45) is 8.11. The van der Waals surface area contributed by atoms with E-state index in [1.165, 1.54) is 50.6 Å². The van der Waals surface area contributed by atoms with Crippen molar-refractivity contribution in [2.24, 2.45) is 5.92 Å². The zero-order chi connectivity index (χ0) is 14.7. The van der Waals surface area contributed by atoms with Crippen molar-refractivity contribution in [2.75, 3.05) is 6.54 Å². The molecule has 21 heavy (non-hydrogen) atoms. The van der Waals surface area contributed by atoms with E-state index in [0.717, 1.165) is 17.0 Å². The van der Waals surface area contributed by atoms with Gasteiger partial charge in [0, 0.05) is 23.1 Å². The number of benzene rings is 1. The van der Waals surface area contributed by atoms with Crippen LogP contribution in [0, 0.1) is 5.92 Å². The Labute approximate surface area is 133 Å². The third-order valence-electron chi connectivity index (χ3n) is 5.27. The topological polar surface area (TPSA) is 24.1 Å². The second-order valence-corrected chi connectivity index (χ2v) is 7.07. The lowest BCUT2D eigenvalue weighted by Gasteiger charge is -2.38. The van der Waals surface area contributed by atoms with Crippen LogP contribution in [0.2, 0.25) is 5.02 Å². The van der Waals surface area contributed by atoms with Crippen molar-refractivity contribution < 1.29 is 0 Å². The highest BCUT2D eigenvalue weighted by molar-refractivity contribution is 6.31. The second kappa shape index (κ2) is 7.13. The van der Waals surface area contributed by atoms with E-state index < -0.39 is 0 Å². The fourth-order valence-corrected chi connectivity index (χ4v) is 4.46. The molecule has 1 heterocycles. The Bertz CT molecular complexity index is 456. The SMILES string of the molecule is C[C@H](NC1CCCCC1C1CCCN1)c1ccccc1Cl. The molecule has 0 radical (unpaired) electrons. The molecule has 4 atom stereocenters. The molecule has 0 amide bonds. The predicted octanol–water partition coefficient (Wildman–Crippen LogP) is 4.30. The van der Waals surface area contributed by atoms with Crippen LogP contribution in [0.4, 0.5) is 0 Å². The van der Waals surface area contributed by atoms with Gasteiger partial charge in [0.15, 0.2) is 0 Å². The van der Waals surface area contributed by atoms with Crippen LogP contribution in [-0.4, -0.2) is 18.6 Å². The van der Waals surface area contributed by atoms with Gasteiger partial charge >= 0.3 is 0 Å². The maximum atomic E-state index is 6.35. The van der Waals surface area contributed by atoms with E-state index in [-0.39, 0.29) is 0 Å². The quantitative estimate of drug-likeness (QED) is 0.866. The molecular formula is C18H27ClN2. The van der Waals surface area contributed by atoms with Gasteiger partial charge < -0.3 is 10.6 Å². The standard InChI is InChI=1S/C18H27ClN2/c1-13(14-7-2-4-9-16(14)19)21-18-10-5-3-8-15(18)17-11-6-12-20-17/h2,4,7,9,13,15,17-18,20-21H,3,5-6,8,10-12H2,1H3/t13-,15?,17?,18?/m0/s1. The van der Waals surface area contributed by atoms with E-state index in [1.54, 1.807) is 0 Å². The van der Waals surface area contributed by atoms with Gasteiger partial charge in [0.05, 0.1) is 0 Å². The van der Waals surface area contributed by atoms with Gasteiger partial charge in [-0.1, -0.05) is 42.6 Å². The van der Waals surface area contributed by atoms with Gasteiger partial charge in [-0.15, -0.1) is 0 Å². The van der Waals surface area contributed by atoms with Crippen LogP contribution < -0.4 is 10.6 Å². The molecule has 0 bridgehead atoms. The molecule has 1 saturated heterocycles. The van der Waals surface area contributed by atoms with E-state index in [9.17, 15) is 0 Å². The number of halogens is 1. The molecule has 2 fully saturated rings. The van der Waals surface area contributed by atoms with Gasteiger partial charge in [-0.05, 0) is 56.7 Å². The molecule has 1 aromatic rings. The molecule has 2 aliphatic rings. The molecule has 0 spiro atoms. The Balaban J connectivity index is 1.68. The summed E-state index contributed by atoms with van der Waals surface area (Å²) in [5, 5.41) is 8.47. The largest absolute Gasteiger partial charge is 0.314 e. The molecule has 1 saturated carbocycles. The molecule has 3 unspecified atom stereocenters. The second-order valence-electron chi connectivity index (χ2n) is 6.67. The first kappa shape index (κ1) is 15.3. The molecule has 0 aromatic heterocycles. The summed E-state index contributed by atoms with van der Waals surface area (Å²) in [7, 11) is 0. The normalized spacial score (nSPS) is 31.2. The lowest BCUT2D eigenvalue weighted by molar-refractivity contribution is 0.203. The highest BCUT2D eigenvalue weighted by atomic mass is 35.5. The number of nitrogens with one attached hydrogen (secondary N) is 2. The van der Waals surface area contributed by atoms with E-state index in [1.807, 2.05) is 12.1 Å². The summed E-state index contributed by atoms with van der Waals surface area (Å²) in [5.41, 5.74) is 1.22. The first-order valence-electron chi connectivity index (χ1n) is 8.49. The third kappa shape index (κ3) is 3.61. The zero-order valence-electron chi connectivity index (χ0n) is 12.9. The molecule has 116 valence electrons.